The van der Waals surface area contributed by atoms with Crippen molar-refractivity contribution in [1.82, 2.24) is 14.8 Å². The van der Waals surface area contributed by atoms with Gasteiger partial charge in [-0.25, -0.2) is 14.1 Å². The first kappa shape index (κ1) is 13.0. The van der Waals surface area contributed by atoms with E-state index < -0.39 is 5.82 Å². The maximum Gasteiger partial charge on any atom is 0.190 e. The van der Waals surface area contributed by atoms with Gasteiger partial charge in [-0.1, -0.05) is 6.92 Å². The SMILES string of the molecule is CCc1c(C)nn(-c2nccc(CCl)c2F)c1C. The largest absolute Gasteiger partial charge is 0.235 e. The zero-order valence-corrected chi connectivity index (χ0v) is 11.4. The number of hydrogen-bond acceptors (Lipinski definition) is 2. The van der Waals surface area contributed by atoms with E-state index in [9.17, 15) is 4.39 Å². The van der Waals surface area contributed by atoms with Gasteiger partial charge in [-0.15, -0.1) is 11.6 Å². The monoisotopic (exact) mass is 267 g/mol. The highest BCUT2D eigenvalue weighted by Gasteiger charge is 2.16. The summed E-state index contributed by atoms with van der Waals surface area (Å²) in [5, 5.41) is 4.36. The summed E-state index contributed by atoms with van der Waals surface area (Å²) in [5.74, 6) is -0.0596. The third-order valence-corrected chi connectivity index (χ3v) is 3.38. The first-order chi connectivity index (χ1) is 8.60. The Bertz CT molecular complexity index is 578. The van der Waals surface area contributed by atoms with E-state index in [1.54, 1.807) is 16.9 Å². The summed E-state index contributed by atoms with van der Waals surface area (Å²) in [6, 6.07) is 1.58. The van der Waals surface area contributed by atoms with Crippen LogP contribution in [0.3, 0.4) is 0 Å². The normalized spacial score (nSPS) is 10.9. The lowest BCUT2D eigenvalue weighted by molar-refractivity contribution is 0.587. The molecule has 0 spiro atoms. The van der Waals surface area contributed by atoms with Gasteiger partial charge in [-0.05, 0) is 31.9 Å². The summed E-state index contributed by atoms with van der Waals surface area (Å²) in [4.78, 5) is 4.07. The molecule has 2 aromatic heterocycles. The highest BCUT2D eigenvalue weighted by atomic mass is 35.5. The fourth-order valence-corrected chi connectivity index (χ4v) is 2.32. The molecule has 2 aromatic rings. The Balaban J connectivity index is 2.62. The van der Waals surface area contributed by atoms with Gasteiger partial charge in [0.05, 0.1) is 11.6 Å². The first-order valence-electron chi connectivity index (χ1n) is 5.85. The molecule has 0 bridgehead atoms. The Morgan fingerprint density at radius 1 is 1.39 bits per heavy atom. The Labute approximate surface area is 111 Å². The molecule has 0 saturated carbocycles. The second kappa shape index (κ2) is 5.06. The number of nitrogens with zero attached hydrogens (tertiary/aromatic N) is 3. The van der Waals surface area contributed by atoms with E-state index in [1.807, 2.05) is 13.8 Å². The standard InChI is InChI=1S/C13H15ClFN3/c1-4-11-8(2)17-18(9(11)3)13-12(15)10(7-14)5-6-16-13/h5-6H,4,7H2,1-3H3. The van der Waals surface area contributed by atoms with Gasteiger partial charge in [-0.3, -0.25) is 0 Å². The first-order valence-corrected chi connectivity index (χ1v) is 6.38. The third-order valence-electron chi connectivity index (χ3n) is 3.09. The second-order valence-corrected chi connectivity index (χ2v) is 4.42. The van der Waals surface area contributed by atoms with Gasteiger partial charge in [0, 0.05) is 17.5 Å². The molecule has 0 amide bonds. The summed E-state index contributed by atoms with van der Waals surface area (Å²) in [5.41, 5.74) is 3.40. The zero-order valence-electron chi connectivity index (χ0n) is 10.7. The average molecular weight is 268 g/mol. The predicted molar refractivity (Wildman–Crippen MR) is 69.7 cm³/mol. The van der Waals surface area contributed by atoms with Gasteiger partial charge in [0.25, 0.3) is 0 Å². The molecule has 2 heterocycles. The summed E-state index contributed by atoms with van der Waals surface area (Å²) >= 11 is 5.70. The molecule has 0 aliphatic rings. The van der Waals surface area contributed by atoms with Crippen LogP contribution in [-0.4, -0.2) is 14.8 Å². The van der Waals surface area contributed by atoms with Crippen LogP contribution in [-0.2, 0) is 12.3 Å². The Kier molecular flexibility index (Phi) is 3.66. The summed E-state index contributed by atoms with van der Waals surface area (Å²) in [7, 11) is 0. The number of halogens is 2. The minimum absolute atomic E-state index is 0.126. The van der Waals surface area contributed by atoms with Crippen molar-refractivity contribution in [2.24, 2.45) is 0 Å². The highest BCUT2D eigenvalue weighted by Crippen LogP contribution is 2.21. The van der Waals surface area contributed by atoms with E-state index >= 15 is 0 Å². The predicted octanol–water partition coefficient (Wildman–Crippen LogP) is 3.32. The van der Waals surface area contributed by atoms with Gasteiger partial charge in [0.15, 0.2) is 11.6 Å². The van der Waals surface area contributed by atoms with Crippen molar-refractivity contribution in [3.8, 4) is 5.82 Å². The minimum Gasteiger partial charge on any atom is -0.235 e. The lowest BCUT2D eigenvalue weighted by atomic mass is 10.1. The third kappa shape index (κ3) is 2.01. The van der Waals surface area contributed by atoms with Crippen LogP contribution in [0.15, 0.2) is 12.3 Å². The fourth-order valence-electron chi connectivity index (χ4n) is 2.12. The van der Waals surface area contributed by atoms with Gasteiger partial charge in [-0.2, -0.15) is 5.10 Å². The van der Waals surface area contributed by atoms with Crippen LogP contribution in [0.1, 0.15) is 29.4 Å². The topological polar surface area (TPSA) is 30.7 Å². The van der Waals surface area contributed by atoms with Crippen molar-refractivity contribution in [3.63, 3.8) is 0 Å². The second-order valence-electron chi connectivity index (χ2n) is 4.16. The lowest BCUT2D eigenvalue weighted by Gasteiger charge is -2.07. The molecule has 0 aromatic carbocycles. The van der Waals surface area contributed by atoms with Crippen LogP contribution in [0.4, 0.5) is 4.39 Å². The molecule has 18 heavy (non-hydrogen) atoms. The molecule has 3 nitrogen and oxygen atoms in total. The maximum absolute atomic E-state index is 14.2. The molecule has 5 heteroatoms. The van der Waals surface area contributed by atoms with Crippen LogP contribution in [0.2, 0.25) is 0 Å². The summed E-state index contributed by atoms with van der Waals surface area (Å²) in [6.45, 7) is 5.90. The van der Waals surface area contributed by atoms with Crippen molar-refractivity contribution in [3.05, 3.63) is 40.6 Å². The fraction of sp³-hybridized carbons (Fsp3) is 0.385. The van der Waals surface area contributed by atoms with Crippen molar-refractivity contribution in [1.29, 1.82) is 0 Å². The van der Waals surface area contributed by atoms with E-state index in [1.165, 1.54) is 0 Å². The molecule has 0 fully saturated rings. The van der Waals surface area contributed by atoms with E-state index in [-0.39, 0.29) is 11.7 Å². The number of alkyl halides is 1. The lowest BCUT2D eigenvalue weighted by Crippen LogP contribution is -2.07. The molecule has 0 aliphatic heterocycles. The molecule has 0 N–H and O–H groups in total. The quantitative estimate of drug-likeness (QED) is 0.799. The molecule has 2 rings (SSSR count). The molecule has 0 radical (unpaired) electrons. The van der Waals surface area contributed by atoms with Crippen LogP contribution in [0, 0.1) is 19.7 Å². The number of pyridine rings is 1. The molecule has 0 saturated heterocycles. The number of hydrogen-bond donors (Lipinski definition) is 0. The summed E-state index contributed by atoms with van der Waals surface area (Å²) in [6.07, 6.45) is 2.42. The minimum atomic E-state index is -0.402. The van der Waals surface area contributed by atoms with Gasteiger partial charge >= 0.3 is 0 Å². The zero-order chi connectivity index (χ0) is 13.3. The van der Waals surface area contributed by atoms with Crippen molar-refractivity contribution < 1.29 is 4.39 Å². The number of rotatable bonds is 3. The molecular formula is C13H15ClFN3. The Hall–Kier alpha value is -1.42. The average Bonchev–Trinajstić information content (AvgIpc) is 2.64. The highest BCUT2D eigenvalue weighted by molar-refractivity contribution is 6.17. The van der Waals surface area contributed by atoms with E-state index in [0.29, 0.717) is 5.56 Å². The van der Waals surface area contributed by atoms with Crippen LogP contribution >= 0.6 is 11.6 Å². The van der Waals surface area contributed by atoms with Gasteiger partial charge in [0.2, 0.25) is 0 Å². The van der Waals surface area contributed by atoms with Gasteiger partial charge in [0.1, 0.15) is 0 Å². The van der Waals surface area contributed by atoms with E-state index in [4.69, 9.17) is 11.6 Å². The maximum atomic E-state index is 14.2. The smallest absolute Gasteiger partial charge is 0.190 e. The van der Waals surface area contributed by atoms with Crippen molar-refractivity contribution in [2.45, 2.75) is 33.1 Å². The van der Waals surface area contributed by atoms with Gasteiger partial charge < -0.3 is 0 Å². The van der Waals surface area contributed by atoms with Crippen LogP contribution in [0.5, 0.6) is 0 Å². The van der Waals surface area contributed by atoms with Crippen LogP contribution < -0.4 is 0 Å². The van der Waals surface area contributed by atoms with Crippen molar-refractivity contribution >= 4 is 11.6 Å². The molecule has 0 atom stereocenters. The molecule has 96 valence electrons. The summed E-state index contributed by atoms with van der Waals surface area (Å²) < 4.78 is 15.7. The molecule has 0 unspecified atom stereocenters. The Morgan fingerprint density at radius 2 is 2.11 bits per heavy atom. The van der Waals surface area contributed by atoms with Crippen molar-refractivity contribution in [2.75, 3.05) is 0 Å². The van der Waals surface area contributed by atoms with E-state index in [2.05, 4.69) is 17.0 Å². The molecule has 0 aliphatic carbocycles. The molecular weight excluding hydrogens is 253 g/mol. The Morgan fingerprint density at radius 3 is 2.67 bits per heavy atom. The number of aryl methyl sites for hydroxylation is 1. The van der Waals surface area contributed by atoms with E-state index in [0.717, 1.165) is 23.4 Å². The van der Waals surface area contributed by atoms with Crippen LogP contribution in [0.25, 0.3) is 5.82 Å². The number of aromatic nitrogens is 3.